The lowest BCUT2D eigenvalue weighted by molar-refractivity contribution is -0.121. The predicted octanol–water partition coefficient (Wildman–Crippen LogP) is 3.90. The molecule has 0 saturated heterocycles. The summed E-state index contributed by atoms with van der Waals surface area (Å²) in [7, 11) is 3.18. The summed E-state index contributed by atoms with van der Waals surface area (Å²) in [5, 5.41) is 2.94. The Hall–Kier alpha value is -2.80. The molecule has 6 nitrogen and oxygen atoms in total. The molecule has 1 N–H and O–H groups in total. The minimum atomic E-state index is -0.408. The number of hydrogen-bond donors (Lipinski definition) is 1. The molecule has 1 atom stereocenters. The lowest BCUT2D eigenvalue weighted by Crippen LogP contribution is -2.26. The smallest absolute Gasteiger partial charge is 0.220 e. The summed E-state index contributed by atoms with van der Waals surface area (Å²) in [6.45, 7) is 3.07. The molecule has 0 aliphatic rings. The Kier molecular flexibility index (Phi) is 9.24. The molecule has 0 heterocycles. The van der Waals surface area contributed by atoms with Crippen LogP contribution in [0.2, 0.25) is 0 Å². The van der Waals surface area contributed by atoms with Crippen LogP contribution in [0.5, 0.6) is 17.2 Å². The topological polar surface area (TPSA) is 66.0 Å². The molecule has 2 aromatic rings. The summed E-state index contributed by atoms with van der Waals surface area (Å²) < 4.78 is 34.8. The zero-order chi connectivity index (χ0) is 21.1. The molecule has 2 rings (SSSR count). The number of methoxy groups -OCH3 is 2. The van der Waals surface area contributed by atoms with Gasteiger partial charge in [0.15, 0.2) is 23.1 Å². The maximum atomic E-state index is 13.5. The Morgan fingerprint density at radius 1 is 1.00 bits per heavy atom. The van der Waals surface area contributed by atoms with Gasteiger partial charge in [-0.1, -0.05) is 18.2 Å². The van der Waals surface area contributed by atoms with Gasteiger partial charge in [0.1, 0.15) is 6.61 Å². The van der Waals surface area contributed by atoms with Crippen LogP contribution < -0.4 is 19.5 Å². The second kappa shape index (κ2) is 11.9. The van der Waals surface area contributed by atoms with Gasteiger partial charge in [-0.05, 0) is 43.2 Å². The minimum Gasteiger partial charge on any atom is -0.493 e. The first-order valence-electron chi connectivity index (χ1n) is 9.51. The number of benzene rings is 2. The maximum absolute atomic E-state index is 13.5. The lowest BCUT2D eigenvalue weighted by atomic mass is 10.1. The average molecular weight is 405 g/mol. The van der Waals surface area contributed by atoms with E-state index in [0.29, 0.717) is 31.1 Å². The summed E-state index contributed by atoms with van der Waals surface area (Å²) >= 11 is 0. The van der Waals surface area contributed by atoms with Crippen LogP contribution >= 0.6 is 0 Å². The van der Waals surface area contributed by atoms with E-state index < -0.39 is 5.82 Å². The zero-order valence-corrected chi connectivity index (χ0v) is 17.1. The molecule has 0 aliphatic carbocycles. The molecule has 7 heteroatoms. The number of ether oxygens (including phenoxy) is 4. The van der Waals surface area contributed by atoms with E-state index in [0.717, 1.165) is 5.56 Å². The lowest BCUT2D eigenvalue weighted by Gasteiger charge is -2.17. The number of carbonyl (C=O) groups excluding carboxylic acids is 1. The summed E-state index contributed by atoms with van der Waals surface area (Å²) in [5.41, 5.74) is 0.900. The number of para-hydroxylation sites is 1. The number of nitrogens with one attached hydrogen (secondary N) is 1. The van der Waals surface area contributed by atoms with E-state index in [1.54, 1.807) is 32.4 Å². The summed E-state index contributed by atoms with van der Waals surface area (Å²) in [6.07, 6.45) is 0.774. The van der Waals surface area contributed by atoms with Crippen LogP contribution in [-0.2, 0) is 9.53 Å². The summed E-state index contributed by atoms with van der Waals surface area (Å²) in [6, 6.07) is 11.6. The predicted molar refractivity (Wildman–Crippen MR) is 108 cm³/mol. The molecule has 1 unspecified atom stereocenters. The fourth-order valence-electron chi connectivity index (χ4n) is 2.68. The molecule has 2 aromatic carbocycles. The maximum Gasteiger partial charge on any atom is 0.220 e. The molecule has 0 spiro atoms. The molecule has 0 radical (unpaired) electrons. The number of carbonyl (C=O) groups is 1. The van der Waals surface area contributed by atoms with Crippen LogP contribution in [0, 0.1) is 5.82 Å². The highest BCUT2D eigenvalue weighted by molar-refractivity contribution is 5.76. The van der Waals surface area contributed by atoms with Crippen LogP contribution in [0.3, 0.4) is 0 Å². The van der Waals surface area contributed by atoms with E-state index in [9.17, 15) is 9.18 Å². The van der Waals surface area contributed by atoms with Gasteiger partial charge in [0, 0.05) is 13.5 Å². The first-order valence-corrected chi connectivity index (χ1v) is 9.51. The highest BCUT2D eigenvalue weighted by Crippen LogP contribution is 2.30. The fraction of sp³-hybridized carbons (Fsp3) is 0.409. The summed E-state index contributed by atoms with van der Waals surface area (Å²) in [5.74, 6) is 0.902. The van der Waals surface area contributed by atoms with Gasteiger partial charge in [-0.15, -0.1) is 0 Å². The van der Waals surface area contributed by atoms with Crippen LogP contribution in [0.1, 0.15) is 31.4 Å². The number of rotatable bonds is 12. The molecule has 0 aliphatic heterocycles. The summed E-state index contributed by atoms with van der Waals surface area (Å²) in [4.78, 5) is 12.2. The van der Waals surface area contributed by atoms with Gasteiger partial charge < -0.3 is 24.3 Å². The van der Waals surface area contributed by atoms with Crippen LogP contribution in [0.15, 0.2) is 42.5 Å². The van der Waals surface area contributed by atoms with Crippen molar-refractivity contribution in [1.82, 2.24) is 5.32 Å². The van der Waals surface area contributed by atoms with Crippen molar-refractivity contribution in [3.8, 4) is 17.2 Å². The Morgan fingerprint density at radius 3 is 2.48 bits per heavy atom. The second-order valence-corrected chi connectivity index (χ2v) is 6.42. The van der Waals surface area contributed by atoms with E-state index in [-0.39, 0.29) is 30.7 Å². The van der Waals surface area contributed by atoms with Crippen molar-refractivity contribution >= 4 is 5.91 Å². The molecule has 0 bridgehead atoms. The molecule has 1 amide bonds. The average Bonchev–Trinajstić information content (AvgIpc) is 2.72. The van der Waals surface area contributed by atoms with Crippen molar-refractivity contribution in [2.45, 2.75) is 25.8 Å². The Labute approximate surface area is 170 Å². The Balaban J connectivity index is 1.80. The van der Waals surface area contributed by atoms with Gasteiger partial charge in [-0.25, -0.2) is 4.39 Å². The van der Waals surface area contributed by atoms with E-state index in [2.05, 4.69) is 5.32 Å². The zero-order valence-electron chi connectivity index (χ0n) is 17.1. The van der Waals surface area contributed by atoms with Crippen molar-refractivity contribution < 1.29 is 28.1 Å². The monoisotopic (exact) mass is 405 g/mol. The number of halogens is 1. The van der Waals surface area contributed by atoms with Crippen LogP contribution in [0.4, 0.5) is 4.39 Å². The van der Waals surface area contributed by atoms with E-state index in [4.69, 9.17) is 18.9 Å². The molecule has 0 fully saturated rings. The Bertz CT molecular complexity index is 784. The third-order valence-corrected chi connectivity index (χ3v) is 4.25. The molecule has 0 saturated carbocycles. The van der Waals surface area contributed by atoms with Crippen molar-refractivity contribution in [1.29, 1.82) is 0 Å². The van der Waals surface area contributed by atoms with Gasteiger partial charge >= 0.3 is 0 Å². The van der Waals surface area contributed by atoms with Crippen LogP contribution in [-0.4, -0.2) is 39.9 Å². The highest BCUT2D eigenvalue weighted by Gasteiger charge is 2.13. The number of hydrogen-bond acceptors (Lipinski definition) is 5. The van der Waals surface area contributed by atoms with Crippen molar-refractivity contribution in [3.63, 3.8) is 0 Å². The van der Waals surface area contributed by atoms with Crippen molar-refractivity contribution in [3.05, 3.63) is 53.8 Å². The van der Waals surface area contributed by atoms with Gasteiger partial charge in [0.25, 0.3) is 0 Å². The SMILES string of the molecule is COCCOc1ccc(C(C)NC(=O)CCCOc2ccccc2F)cc1OC. The highest BCUT2D eigenvalue weighted by atomic mass is 19.1. The quantitative estimate of drug-likeness (QED) is 0.543. The molecular formula is C22H28FNO5. The second-order valence-electron chi connectivity index (χ2n) is 6.42. The fourth-order valence-corrected chi connectivity index (χ4v) is 2.68. The Morgan fingerprint density at radius 2 is 1.76 bits per heavy atom. The molecule has 158 valence electrons. The third-order valence-electron chi connectivity index (χ3n) is 4.25. The normalized spacial score (nSPS) is 11.6. The van der Waals surface area contributed by atoms with E-state index >= 15 is 0 Å². The third kappa shape index (κ3) is 7.27. The molecular weight excluding hydrogens is 377 g/mol. The standard InChI is InChI=1S/C22H28FNO5/c1-16(17-10-11-20(21(15-17)27-3)29-14-13-26-2)24-22(25)9-6-12-28-19-8-5-4-7-18(19)23/h4-5,7-8,10-11,15-16H,6,9,12-14H2,1-3H3,(H,24,25). The minimum absolute atomic E-state index is 0.103. The van der Waals surface area contributed by atoms with Crippen molar-refractivity contribution in [2.75, 3.05) is 34.0 Å². The van der Waals surface area contributed by atoms with Crippen molar-refractivity contribution in [2.24, 2.45) is 0 Å². The van der Waals surface area contributed by atoms with Gasteiger partial charge in [0.2, 0.25) is 5.91 Å². The largest absolute Gasteiger partial charge is 0.493 e. The van der Waals surface area contributed by atoms with E-state index in [1.807, 2.05) is 25.1 Å². The first kappa shape index (κ1) is 22.5. The number of amides is 1. The van der Waals surface area contributed by atoms with Gasteiger partial charge in [0.05, 0.1) is 26.4 Å². The van der Waals surface area contributed by atoms with Gasteiger partial charge in [-0.2, -0.15) is 0 Å². The van der Waals surface area contributed by atoms with E-state index in [1.165, 1.54) is 6.07 Å². The van der Waals surface area contributed by atoms with Gasteiger partial charge in [-0.3, -0.25) is 4.79 Å². The first-order chi connectivity index (χ1) is 14.0. The molecule has 29 heavy (non-hydrogen) atoms. The molecule has 0 aromatic heterocycles. The van der Waals surface area contributed by atoms with Crippen LogP contribution in [0.25, 0.3) is 0 Å².